The second-order valence-corrected chi connectivity index (χ2v) is 6.79. The van der Waals surface area contributed by atoms with Crippen molar-refractivity contribution in [2.75, 3.05) is 6.26 Å². The van der Waals surface area contributed by atoms with Crippen molar-refractivity contribution in [1.82, 2.24) is 0 Å². The Bertz CT molecular complexity index is 555. The fourth-order valence-corrected chi connectivity index (χ4v) is 2.34. The van der Waals surface area contributed by atoms with Crippen LogP contribution in [0, 0.1) is 0 Å². The maximum Gasteiger partial charge on any atom is 0.155 e. The van der Waals surface area contributed by atoms with Crippen LogP contribution in [0.1, 0.15) is 12.5 Å². The number of oxime groups is 1. The largest absolute Gasteiger partial charge is 0.411 e. The van der Waals surface area contributed by atoms with Gasteiger partial charge in [-0.15, -0.1) is 0 Å². The molecule has 0 amide bonds. The number of nitrogens with zero attached hydrogens (tertiary/aromatic N) is 1. The molecule has 0 spiro atoms. The summed E-state index contributed by atoms with van der Waals surface area (Å²) < 4.78 is 22.8. The van der Waals surface area contributed by atoms with E-state index in [2.05, 4.69) is 5.16 Å². The van der Waals surface area contributed by atoms with Crippen molar-refractivity contribution in [3.05, 3.63) is 33.8 Å². The van der Waals surface area contributed by atoms with Gasteiger partial charge >= 0.3 is 0 Å². The summed E-state index contributed by atoms with van der Waals surface area (Å²) in [7, 11) is -3.37. The fraction of sp³-hybridized carbons (Fsp3) is 0.300. The monoisotopic (exact) mass is 295 g/mol. The number of halogens is 2. The van der Waals surface area contributed by atoms with Gasteiger partial charge in [-0.25, -0.2) is 8.42 Å². The first kappa shape index (κ1) is 14.3. The summed E-state index contributed by atoms with van der Waals surface area (Å²) in [6.07, 6.45) is 1.06. The molecule has 17 heavy (non-hydrogen) atoms. The molecule has 1 rings (SSSR count). The van der Waals surface area contributed by atoms with Crippen molar-refractivity contribution >= 4 is 38.8 Å². The first-order valence-electron chi connectivity index (χ1n) is 4.63. The summed E-state index contributed by atoms with van der Waals surface area (Å²) in [5.41, 5.74) is 0.339. The van der Waals surface area contributed by atoms with Gasteiger partial charge < -0.3 is 5.21 Å². The Morgan fingerprint density at radius 2 is 2.00 bits per heavy atom. The fourth-order valence-electron chi connectivity index (χ4n) is 1.25. The molecule has 0 aromatic heterocycles. The van der Waals surface area contributed by atoms with E-state index in [0.29, 0.717) is 10.6 Å². The second-order valence-electron chi connectivity index (χ2n) is 3.58. The average molecular weight is 296 g/mol. The van der Waals surface area contributed by atoms with Crippen LogP contribution in [-0.2, 0) is 9.84 Å². The van der Waals surface area contributed by atoms with Gasteiger partial charge in [0.05, 0.1) is 5.02 Å². The minimum Gasteiger partial charge on any atom is -0.411 e. The molecule has 0 aliphatic carbocycles. The Hall–Kier alpha value is -0.780. The SMILES string of the molecule is CC(/C(=N/O)c1ccc(Cl)cc1Cl)S(C)(=O)=O. The van der Waals surface area contributed by atoms with Crippen molar-refractivity contribution in [3.8, 4) is 0 Å². The lowest BCUT2D eigenvalue weighted by atomic mass is 10.1. The van der Waals surface area contributed by atoms with E-state index in [1.165, 1.54) is 19.1 Å². The van der Waals surface area contributed by atoms with Crippen LogP contribution in [0.25, 0.3) is 0 Å². The van der Waals surface area contributed by atoms with Gasteiger partial charge in [0.2, 0.25) is 0 Å². The lowest BCUT2D eigenvalue weighted by molar-refractivity contribution is 0.318. The molecule has 0 bridgehead atoms. The quantitative estimate of drug-likeness (QED) is 0.529. The molecule has 0 aliphatic heterocycles. The van der Waals surface area contributed by atoms with Crippen molar-refractivity contribution in [3.63, 3.8) is 0 Å². The number of hydrogen-bond donors (Lipinski definition) is 1. The normalized spacial score (nSPS) is 14.7. The number of rotatable bonds is 3. The third kappa shape index (κ3) is 3.34. The van der Waals surface area contributed by atoms with E-state index in [9.17, 15) is 8.42 Å². The molecule has 0 saturated carbocycles. The topological polar surface area (TPSA) is 66.7 Å². The molecule has 0 radical (unpaired) electrons. The van der Waals surface area contributed by atoms with Crippen molar-refractivity contribution in [2.45, 2.75) is 12.2 Å². The van der Waals surface area contributed by atoms with Crippen molar-refractivity contribution in [2.24, 2.45) is 5.16 Å². The van der Waals surface area contributed by atoms with Crippen molar-refractivity contribution < 1.29 is 13.6 Å². The lowest BCUT2D eigenvalue weighted by Crippen LogP contribution is -2.27. The van der Waals surface area contributed by atoms with Gasteiger partial charge in [0, 0.05) is 16.8 Å². The second kappa shape index (κ2) is 5.25. The van der Waals surface area contributed by atoms with Crippen LogP contribution in [-0.4, -0.2) is 30.8 Å². The van der Waals surface area contributed by atoms with Gasteiger partial charge in [-0.3, -0.25) is 0 Å². The first-order valence-corrected chi connectivity index (χ1v) is 7.34. The van der Waals surface area contributed by atoms with Crippen LogP contribution in [0.5, 0.6) is 0 Å². The van der Waals surface area contributed by atoms with E-state index in [1.54, 1.807) is 6.07 Å². The predicted octanol–water partition coefficient (Wildman–Crippen LogP) is 2.60. The maximum atomic E-state index is 11.4. The third-order valence-electron chi connectivity index (χ3n) is 2.34. The zero-order chi connectivity index (χ0) is 13.2. The summed E-state index contributed by atoms with van der Waals surface area (Å²) >= 11 is 11.7. The van der Waals surface area contributed by atoms with Gasteiger partial charge in [-0.2, -0.15) is 0 Å². The Balaban J connectivity index is 3.30. The Morgan fingerprint density at radius 3 is 2.41 bits per heavy atom. The summed E-state index contributed by atoms with van der Waals surface area (Å²) in [6.45, 7) is 1.43. The molecule has 7 heteroatoms. The van der Waals surface area contributed by atoms with Gasteiger partial charge in [-0.05, 0) is 25.1 Å². The number of sulfone groups is 1. The lowest BCUT2D eigenvalue weighted by Gasteiger charge is -2.13. The van der Waals surface area contributed by atoms with Gasteiger partial charge in [0.15, 0.2) is 9.84 Å². The van der Waals surface area contributed by atoms with E-state index in [0.717, 1.165) is 6.26 Å². The molecule has 0 aliphatic rings. The Morgan fingerprint density at radius 1 is 1.41 bits per heavy atom. The Labute approximate surface area is 110 Å². The van der Waals surface area contributed by atoms with E-state index >= 15 is 0 Å². The van der Waals surface area contributed by atoms with Crippen LogP contribution in [0.4, 0.5) is 0 Å². The Kier molecular flexibility index (Phi) is 4.41. The number of benzene rings is 1. The summed E-state index contributed by atoms with van der Waals surface area (Å²) in [5.74, 6) is 0. The van der Waals surface area contributed by atoms with Crippen molar-refractivity contribution in [1.29, 1.82) is 0 Å². The molecule has 94 valence electrons. The first-order chi connectivity index (χ1) is 7.77. The standard InChI is InChI=1S/C10H11Cl2NO3S/c1-6(17(2,15)16)10(13-14)8-4-3-7(11)5-9(8)12/h3-6,14H,1-2H3/b13-10-. The molecule has 0 heterocycles. The molecule has 1 aromatic rings. The molecule has 1 atom stereocenters. The summed E-state index contributed by atoms with van der Waals surface area (Å²) in [6, 6.07) is 4.52. The van der Waals surface area contributed by atoms with E-state index in [4.69, 9.17) is 28.4 Å². The molecule has 1 unspecified atom stereocenters. The molecule has 1 N–H and O–H groups in total. The highest BCUT2D eigenvalue weighted by Gasteiger charge is 2.25. The third-order valence-corrected chi connectivity index (χ3v) is 4.40. The van der Waals surface area contributed by atoms with Crippen LogP contribution in [0.15, 0.2) is 23.4 Å². The highest BCUT2D eigenvalue weighted by atomic mass is 35.5. The predicted molar refractivity (Wildman–Crippen MR) is 69.1 cm³/mol. The number of hydrogen-bond acceptors (Lipinski definition) is 4. The molecular formula is C10H11Cl2NO3S. The molecular weight excluding hydrogens is 285 g/mol. The molecule has 0 fully saturated rings. The average Bonchev–Trinajstić information content (AvgIpc) is 2.20. The zero-order valence-electron chi connectivity index (χ0n) is 9.18. The van der Waals surface area contributed by atoms with E-state index in [1.807, 2.05) is 0 Å². The molecule has 1 aromatic carbocycles. The highest BCUT2D eigenvalue weighted by molar-refractivity contribution is 7.92. The zero-order valence-corrected chi connectivity index (χ0v) is 11.5. The smallest absolute Gasteiger partial charge is 0.155 e. The van der Waals surface area contributed by atoms with Gasteiger partial charge in [0.25, 0.3) is 0 Å². The van der Waals surface area contributed by atoms with Crippen LogP contribution in [0.3, 0.4) is 0 Å². The maximum absolute atomic E-state index is 11.4. The van der Waals surface area contributed by atoms with E-state index in [-0.39, 0.29) is 10.7 Å². The van der Waals surface area contributed by atoms with Crippen LogP contribution < -0.4 is 0 Å². The highest BCUT2D eigenvalue weighted by Crippen LogP contribution is 2.23. The van der Waals surface area contributed by atoms with Gasteiger partial charge in [0.1, 0.15) is 11.0 Å². The van der Waals surface area contributed by atoms with Crippen LogP contribution >= 0.6 is 23.2 Å². The minimum absolute atomic E-state index is 0.00540. The minimum atomic E-state index is -3.37. The molecule has 4 nitrogen and oxygen atoms in total. The summed E-state index contributed by atoms with van der Waals surface area (Å²) in [5, 5.41) is 11.7. The van der Waals surface area contributed by atoms with Gasteiger partial charge in [-0.1, -0.05) is 28.4 Å². The summed E-state index contributed by atoms with van der Waals surface area (Å²) in [4.78, 5) is 0. The van der Waals surface area contributed by atoms with E-state index < -0.39 is 15.1 Å². The molecule has 0 saturated heterocycles. The van der Waals surface area contributed by atoms with Crippen LogP contribution in [0.2, 0.25) is 10.0 Å².